The van der Waals surface area contributed by atoms with Gasteiger partial charge in [0.2, 0.25) is 0 Å². The van der Waals surface area contributed by atoms with Crippen molar-refractivity contribution in [2.45, 2.75) is 25.2 Å². The van der Waals surface area contributed by atoms with Crippen molar-refractivity contribution in [3.8, 4) is 0 Å². The number of aromatic nitrogens is 2. The number of likely N-dealkylation sites (tertiary alicyclic amines) is 1. The van der Waals surface area contributed by atoms with E-state index >= 15 is 0 Å². The van der Waals surface area contributed by atoms with Gasteiger partial charge in [-0.25, -0.2) is 8.42 Å². The molecule has 8 heteroatoms. The normalized spacial score (nSPS) is 20.4. The van der Waals surface area contributed by atoms with Gasteiger partial charge in [-0.1, -0.05) is 6.92 Å². The van der Waals surface area contributed by atoms with Crippen LogP contribution in [0.2, 0.25) is 0 Å². The Morgan fingerprint density at radius 3 is 2.72 bits per heavy atom. The molecule has 2 heterocycles. The van der Waals surface area contributed by atoms with Crippen molar-refractivity contribution in [2.24, 2.45) is 5.92 Å². The summed E-state index contributed by atoms with van der Waals surface area (Å²) in [6.07, 6.45) is 0.915. The number of halogens is 1. The number of carbonyl (C=O) groups excluding carboxylic acids is 1. The number of nitrogens with zero attached hydrogens (tertiary/aromatic N) is 2. The van der Waals surface area contributed by atoms with Crippen LogP contribution in [-0.2, 0) is 9.05 Å². The second-order valence-electron chi connectivity index (χ2n) is 4.61. The number of aryl methyl sites for hydroxylation is 1. The molecule has 1 amide bonds. The van der Waals surface area contributed by atoms with E-state index in [9.17, 15) is 13.2 Å². The third kappa shape index (κ3) is 2.37. The van der Waals surface area contributed by atoms with Crippen molar-refractivity contribution in [1.29, 1.82) is 0 Å². The van der Waals surface area contributed by atoms with Crippen LogP contribution in [-0.4, -0.2) is 42.5 Å². The fraction of sp³-hybridized carbons (Fsp3) is 0.600. The summed E-state index contributed by atoms with van der Waals surface area (Å²) in [6.45, 7) is 4.80. The van der Waals surface area contributed by atoms with Gasteiger partial charge in [-0.05, 0) is 19.3 Å². The quantitative estimate of drug-likeness (QED) is 0.828. The highest BCUT2D eigenvalue weighted by Crippen LogP contribution is 2.25. The first kappa shape index (κ1) is 13.4. The molecule has 0 aliphatic carbocycles. The smallest absolute Gasteiger partial charge is 0.275 e. The Morgan fingerprint density at radius 1 is 1.56 bits per heavy atom. The van der Waals surface area contributed by atoms with Gasteiger partial charge in [0.15, 0.2) is 5.69 Å². The molecule has 1 saturated heterocycles. The van der Waals surface area contributed by atoms with E-state index in [0.717, 1.165) is 6.42 Å². The highest BCUT2D eigenvalue weighted by molar-refractivity contribution is 8.13. The predicted molar refractivity (Wildman–Crippen MR) is 66.0 cm³/mol. The molecule has 1 aliphatic heterocycles. The van der Waals surface area contributed by atoms with Crippen molar-refractivity contribution < 1.29 is 13.2 Å². The average molecular weight is 292 g/mol. The molecule has 1 unspecified atom stereocenters. The molecule has 2 rings (SSSR count). The Kier molecular flexibility index (Phi) is 3.37. The van der Waals surface area contributed by atoms with E-state index in [1.165, 1.54) is 6.92 Å². The van der Waals surface area contributed by atoms with Crippen molar-refractivity contribution in [2.75, 3.05) is 13.1 Å². The van der Waals surface area contributed by atoms with Crippen LogP contribution in [0.5, 0.6) is 0 Å². The van der Waals surface area contributed by atoms with Crippen molar-refractivity contribution >= 4 is 25.6 Å². The third-order valence-corrected chi connectivity index (χ3v) is 4.50. The van der Waals surface area contributed by atoms with Crippen LogP contribution in [0.3, 0.4) is 0 Å². The second-order valence-corrected chi connectivity index (χ2v) is 7.11. The molecular weight excluding hydrogens is 278 g/mol. The van der Waals surface area contributed by atoms with E-state index < -0.39 is 9.05 Å². The van der Waals surface area contributed by atoms with Crippen molar-refractivity contribution in [1.82, 2.24) is 15.1 Å². The second kappa shape index (κ2) is 4.55. The molecule has 1 atom stereocenters. The Bertz CT molecular complexity index is 581. The SMILES string of the molecule is Cc1[nH]nc(C(=O)N2CCC(C)C2)c1S(=O)(=O)Cl. The van der Waals surface area contributed by atoms with Crippen LogP contribution in [0.15, 0.2) is 4.90 Å². The summed E-state index contributed by atoms with van der Waals surface area (Å²) in [7, 11) is 1.35. The first-order chi connectivity index (χ1) is 8.30. The number of nitrogens with one attached hydrogen (secondary N) is 1. The van der Waals surface area contributed by atoms with E-state index in [1.54, 1.807) is 4.90 Å². The minimum absolute atomic E-state index is 0.114. The molecule has 100 valence electrons. The maximum absolute atomic E-state index is 12.2. The average Bonchev–Trinajstić information content (AvgIpc) is 2.82. The number of carbonyl (C=O) groups is 1. The van der Waals surface area contributed by atoms with Crippen LogP contribution < -0.4 is 0 Å². The van der Waals surface area contributed by atoms with E-state index in [1.807, 2.05) is 6.92 Å². The molecule has 1 aromatic rings. The highest BCUT2D eigenvalue weighted by atomic mass is 35.7. The third-order valence-electron chi connectivity index (χ3n) is 3.05. The molecule has 0 aromatic carbocycles. The molecule has 1 fully saturated rings. The van der Waals surface area contributed by atoms with Crippen molar-refractivity contribution in [3.63, 3.8) is 0 Å². The molecule has 0 spiro atoms. The number of aromatic amines is 1. The number of rotatable bonds is 2. The topological polar surface area (TPSA) is 83.1 Å². The molecule has 0 saturated carbocycles. The maximum Gasteiger partial charge on any atom is 0.275 e. The summed E-state index contributed by atoms with van der Waals surface area (Å²) in [4.78, 5) is 13.6. The van der Waals surface area contributed by atoms with Gasteiger partial charge in [0.05, 0.1) is 5.69 Å². The fourth-order valence-corrected chi connectivity index (χ4v) is 3.47. The molecule has 1 N–H and O–H groups in total. The Balaban J connectivity index is 2.38. The Hall–Kier alpha value is -1.08. The zero-order chi connectivity index (χ0) is 13.5. The first-order valence-corrected chi connectivity index (χ1v) is 7.90. The number of hydrogen-bond donors (Lipinski definition) is 1. The molecular formula is C10H14ClN3O3S. The highest BCUT2D eigenvalue weighted by Gasteiger charge is 2.32. The maximum atomic E-state index is 12.2. The van der Waals surface area contributed by atoms with Crippen LogP contribution in [0.1, 0.15) is 29.5 Å². The molecule has 6 nitrogen and oxygen atoms in total. The monoisotopic (exact) mass is 291 g/mol. The van der Waals surface area contributed by atoms with E-state index in [2.05, 4.69) is 10.2 Å². The van der Waals surface area contributed by atoms with Gasteiger partial charge in [-0.15, -0.1) is 0 Å². The first-order valence-electron chi connectivity index (χ1n) is 5.59. The molecule has 1 aromatic heterocycles. The van der Waals surface area contributed by atoms with E-state index in [4.69, 9.17) is 10.7 Å². The van der Waals surface area contributed by atoms with Gasteiger partial charge < -0.3 is 4.90 Å². The lowest BCUT2D eigenvalue weighted by Gasteiger charge is -2.14. The van der Waals surface area contributed by atoms with Crippen LogP contribution in [0.25, 0.3) is 0 Å². The van der Waals surface area contributed by atoms with Crippen molar-refractivity contribution in [3.05, 3.63) is 11.4 Å². The summed E-state index contributed by atoms with van der Waals surface area (Å²) >= 11 is 0. The molecule has 0 bridgehead atoms. The number of H-pyrrole nitrogens is 1. The van der Waals surface area contributed by atoms with E-state index in [-0.39, 0.29) is 22.2 Å². The van der Waals surface area contributed by atoms with Gasteiger partial charge in [-0.2, -0.15) is 5.10 Å². The van der Waals surface area contributed by atoms with Gasteiger partial charge in [0.1, 0.15) is 4.90 Å². The van der Waals surface area contributed by atoms with Gasteiger partial charge in [0.25, 0.3) is 15.0 Å². The number of hydrogen-bond acceptors (Lipinski definition) is 4. The standard InChI is InChI=1S/C10H14ClN3O3S/c1-6-3-4-14(5-6)10(15)8-9(18(11,16)17)7(2)12-13-8/h6H,3-5H2,1-2H3,(H,12,13). The lowest BCUT2D eigenvalue weighted by Crippen LogP contribution is -2.29. The summed E-state index contributed by atoms with van der Waals surface area (Å²) < 4.78 is 22.9. The van der Waals surface area contributed by atoms with Gasteiger partial charge in [-0.3, -0.25) is 9.89 Å². The lowest BCUT2D eigenvalue weighted by molar-refractivity contribution is 0.0778. The van der Waals surface area contributed by atoms with Crippen LogP contribution in [0.4, 0.5) is 0 Å². The minimum Gasteiger partial charge on any atom is -0.337 e. The molecule has 0 radical (unpaired) electrons. The zero-order valence-electron chi connectivity index (χ0n) is 10.1. The van der Waals surface area contributed by atoms with Gasteiger partial charge in [0, 0.05) is 23.8 Å². The molecule has 18 heavy (non-hydrogen) atoms. The van der Waals surface area contributed by atoms with Gasteiger partial charge >= 0.3 is 0 Å². The summed E-state index contributed by atoms with van der Waals surface area (Å²) in [6, 6.07) is 0. The summed E-state index contributed by atoms with van der Waals surface area (Å²) in [5.41, 5.74) is 0.164. The number of amides is 1. The van der Waals surface area contributed by atoms with Crippen LogP contribution >= 0.6 is 10.7 Å². The summed E-state index contributed by atoms with van der Waals surface area (Å²) in [5.74, 6) is 0.0352. The predicted octanol–water partition coefficient (Wildman–Crippen LogP) is 1.13. The Labute approximate surface area is 110 Å². The fourth-order valence-electron chi connectivity index (χ4n) is 2.13. The van der Waals surface area contributed by atoms with E-state index in [0.29, 0.717) is 19.0 Å². The molecule has 1 aliphatic rings. The minimum atomic E-state index is -3.98. The Morgan fingerprint density at radius 2 is 2.22 bits per heavy atom. The largest absolute Gasteiger partial charge is 0.337 e. The zero-order valence-corrected chi connectivity index (χ0v) is 11.7. The lowest BCUT2D eigenvalue weighted by atomic mass is 10.2. The van der Waals surface area contributed by atoms with Crippen LogP contribution in [0, 0.1) is 12.8 Å². The summed E-state index contributed by atoms with van der Waals surface area (Å²) in [5, 5.41) is 6.27.